The van der Waals surface area contributed by atoms with Gasteiger partial charge < -0.3 is 14.2 Å². The summed E-state index contributed by atoms with van der Waals surface area (Å²) in [4.78, 5) is 0. The van der Waals surface area contributed by atoms with Crippen molar-refractivity contribution >= 4 is 10.0 Å². The number of nitrogens with one attached hydrogen (secondary N) is 2. The van der Waals surface area contributed by atoms with E-state index in [0.717, 1.165) is 18.5 Å². The molecule has 20 heavy (non-hydrogen) atoms. The lowest BCUT2D eigenvalue weighted by Crippen LogP contribution is -2.22. The molecule has 0 fully saturated rings. The highest BCUT2D eigenvalue weighted by molar-refractivity contribution is 7.89. The summed E-state index contributed by atoms with van der Waals surface area (Å²) in [5.74, 6) is 0.599. The first-order valence-corrected chi connectivity index (χ1v) is 7.90. The molecule has 0 unspecified atom stereocenters. The van der Waals surface area contributed by atoms with Gasteiger partial charge >= 0.3 is 0 Å². The van der Waals surface area contributed by atoms with Crippen molar-refractivity contribution in [1.29, 1.82) is 0 Å². The van der Waals surface area contributed by atoms with Crippen molar-refractivity contribution in [1.82, 2.24) is 10.0 Å². The van der Waals surface area contributed by atoms with Gasteiger partial charge in [-0.05, 0) is 31.2 Å². The van der Waals surface area contributed by atoms with E-state index in [-0.39, 0.29) is 11.6 Å². The SMILES string of the molecule is CCCNCc1ccc(S(=O)(=O)NCc2ccoc2)o1. The Kier molecular flexibility index (Phi) is 4.99. The molecule has 2 N–H and O–H groups in total. The van der Waals surface area contributed by atoms with Crippen LogP contribution in [0.1, 0.15) is 24.7 Å². The minimum absolute atomic E-state index is 0.0747. The van der Waals surface area contributed by atoms with Crippen LogP contribution in [0.5, 0.6) is 0 Å². The Hall–Kier alpha value is -1.57. The highest BCUT2D eigenvalue weighted by Crippen LogP contribution is 2.14. The van der Waals surface area contributed by atoms with Crippen molar-refractivity contribution in [2.24, 2.45) is 0 Å². The number of rotatable bonds is 8. The van der Waals surface area contributed by atoms with Crippen LogP contribution in [0.4, 0.5) is 0 Å². The molecule has 0 saturated heterocycles. The summed E-state index contributed by atoms with van der Waals surface area (Å²) in [5, 5.41) is 3.07. The quantitative estimate of drug-likeness (QED) is 0.727. The Balaban J connectivity index is 1.95. The molecule has 0 atom stereocenters. The zero-order chi connectivity index (χ0) is 14.4. The summed E-state index contributed by atoms with van der Waals surface area (Å²) >= 11 is 0. The van der Waals surface area contributed by atoms with E-state index in [4.69, 9.17) is 8.83 Å². The zero-order valence-electron chi connectivity index (χ0n) is 11.3. The first-order chi connectivity index (χ1) is 9.62. The van der Waals surface area contributed by atoms with Crippen LogP contribution in [0.2, 0.25) is 0 Å². The second-order valence-corrected chi connectivity index (χ2v) is 6.05. The van der Waals surface area contributed by atoms with E-state index in [0.29, 0.717) is 12.3 Å². The van der Waals surface area contributed by atoms with Gasteiger partial charge in [-0.1, -0.05) is 6.92 Å². The van der Waals surface area contributed by atoms with Gasteiger partial charge in [0.25, 0.3) is 10.0 Å². The van der Waals surface area contributed by atoms with E-state index in [1.165, 1.54) is 18.6 Å². The van der Waals surface area contributed by atoms with Crippen LogP contribution < -0.4 is 10.0 Å². The van der Waals surface area contributed by atoms with E-state index in [9.17, 15) is 8.42 Å². The van der Waals surface area contributed by atoms with E-state index in [1.54, 1.807) is 12.1 Å². The molecule has 2 aromatic rings. The molecule has 0 spiro atoms. The average Bonchev–Trinajstić information content (AvgIpc) is 3.08. The molecule has 110 valence electrons. The summed E-state index contributed by atoms with van der Waals surface area (Å²) < 4.78 is 36.7. The molecule has 0 aliphatic heterocycles. The van der Waals surface area contributed by atoms with E-state index >= 15 is 0 Å². The topological polar surface area (TPSA) is 84.5 Å². The molecule has 2 heterocycles. The maximum absolute atomic E-state index is 12.0. The van der Waals surface area contributed by atoms with E-state index in [1.807, 2.05) is 0 Å². The fourth-order valence-electron chi connectivity index (χ4n) is 1.63. The van der Waals surface area contributed by atoms with Crippen LogP contribution in [0.3, 0.4) is 0 Å². The molecule has 0 aliphatic rings. The minimum atomic E-state index is -3.63. The summed E-state index contributed by atoms with van der Waals surface area (Å²) in [5.41, 5.74) is 0.755. The maximum Gasteiger partial charge on any atom is 0.274 e. The fraction of sp³-hybridized carbons (Fsp3) is 0.385. The third-order valence-corrected chi connectivity index (χ3v) is 3.95. The standard InChI is InChI=1S/C13H18N2O4S/c1-2-6-14-9-12-3-4-13(19-12)20(16,17)15-8-11-5-7-18-10-11/h3-5,7,10,14-15H,2,6,8-9H2,1H3. The fourth-order valence-corrected chi connectivity index (χ4v) is 2.59. The third kappa shape index (κ3) is 3.96. The van der Waals surface area contributed by atoms with Crippen LogP contribution in [0.25, 0.3) is 0 Å². The number of sulfonamides is 1. The molecule has 0 bridgehead atoms. The van der Waals surface area contributed by atoms with Crippen LogP contribution in [-0.4, -0.2) is 15.0 Å². The number of furan rings is 2. The molecular weight excluding hydrogens is 280 g/mol. The summed E-state index contributed by atoms with van der Waals surface area (Å²) in [6.07, 6.45) is 4.00. The van der Waals surface area contributed by atoms with Gasteiger partial charge in [0, 0.05) is 12.1 Å². The Labute approximate surface area is 118 Å². The predicted octanol–water partition coefficient (Wildman–Crippen LogP) is 1.85. The molecule has 0 amide bonds. The maximum atomic E-state index is 12.0. The summed E-state index contributed by atoms with van der Waals surface area (Å²) in [6, 6.07) is 4.82. The molecule has 7 heteroatoms. The van der Waals surface area contributed by atoms with Crippen LogP contribution >= 0.6 is 0 Å². The van der Waals surface area contributed by atoms with Crippen molar-refractivity contribution in [2.75, 3.05) is 6.54 Å². The molecule has 0 aliphatic carbocycles. The first-order valence-electron chi connectivity index (χ1n) is 6.42. The lowest BCUT2D eigenvalue weighted by atomic mass is 10.4. The summed E-state index contributed by atoms with van der Waals surface area (Å²) in [6.45, 7) is 3.61. The Morgan fingerprint density at radius 3 is 2.75 bits per heavy atom. The molecule has 6 nitrogen and oxygen atoms in total. The van der Waals surface area contributed by atoms with Gasteiger partial charge in [-0.2, -0.15) is 0 Å². The highest BCUT2D eigenvalue weighted by Gasteiger charge is 2.18. The molecule has 2 rings (SSSR count). The van der Waals surface area contributed by atoms with Gasteiger partial charge in [0.2, 0.25) is 5.09 Å². The van der Waals surface area contributed by atoms with E-state index < -0.39 is 10.0 Å². The van der Waals surface area contributed by atoms with Gasteiger partial charge in [-0.15, -0.1) is 0 Å². The van der Waals surface area contributed by atoms with Crippen molar-refractivity contribution in [3.05, 3.63) is 42.0 Å². The van der Waals surface area contributed by atoms with Gasteiger partial charge in [-0.25, -0.2) is 13.1 Å². The first kappa shape index (κ1) is 14.8. The smallest absolute Gasteiger partial charge is 0.274 e. The molecule has 2 aromatic heterocycles. The molecular formula is C13H18N2O4S. The van der Waals surface area contributed by atoms with Crippen molar-refractivity contribution in [2.45, 2.75) is 31.5 Å². The number of hydrogen-bond acceptors (Lipinski definition) is 5. The Morgan fingerprint density at radius 2 is 2.05 bits per heavy atom. The average molecular weight is 298 g/mol. The van der Waals surface area contributed by atoms with Gasteiger partial charge in [-0.3, -0.25) is 0 Å². The van der Waals surface area contributed by atoms with Gasteiger partial charge in [0.05, 0.1) is 19.1 Å². The zero-order valence-corrected chi connectivity index (χ0v) is 12.1. The van der Waals surface area contributed by atoms with Gasteiger partial charge in [0.15, 0.2) is 0 Å². The summed E-state index contributed by atoms with van der Waals surface area (Å²) in [7, 11) is -3.63. The van der Waals surface area contributed by atoms with Crippen LogP contribution in [0, 0.1) is 0 Å². The lowest BCUT2D eigenvalue weighted by Gasteiger charge is -2.02. The third-order valence-electron chi connectivity index (χ3n) is 2.67. The van der Waals surface area contributed by atoms with Crippen LogP contribution in [-0.2, 0) is 23.1 Å². The monoisotopic (exact) mass is 298 g/mol. The lowest BCUT2D eigenvalue weighted by molar-refractivity contribution is 0.400. The van der Waals surface area contributed by atoms with Crippen molar-refractivity contribution < 1.29 is 17.3 Å². The highest BCUT2D eigenvalue weighted by atomic mass is 32.2. The second kappa shape index (κ2) is 6.74. The predicted molar refractivity (Wildman–Crippen MR) is 73.4 cm³/mol. The molecule has 0 saturated carbocycles. The van der Waals surface area contributed by atoms with Crippen molar-refractivity contribution in [3.8, 4) is 0 Å². The molecule has 0 aromatic carbocycles. The normalized spacial score (nSPS) is 11.8. The van der Waals surface area contributed by atoms with Crippen molar-refractivity contribution in [3.63, 3.8) is 0 Å². The second-order valence-electron chi connectivity index (χ2n) is 4.35. The van der Waals surface area contributed by atoms with E-state index in [2.05, 4.69) is 17.0 Å². The van der Waals surface area contributed by atoms with Crippen LogP contribution in [0.15, 0.2) is 44.7 Å². The molecule has 0 radical (unpaired) electrons. The Bertz CT molecular complexity index is 617. The van der Waals surface area contributed by atoms with Gasteiger partial charge in [0.1, 0.15) is 5.76 Å². The minimum Gasteiger partial charge on any atom is -0.472 e. The Morgan fingerprint density at radius 1 is 1.20 bits per heavy atom. The largest absolute Gasteiger partial charge is 0.472 e. The number of hydrogen-bond donors (Lipinski definition) is 2.